The van der Waals surface area contributed by atoms with Crippen molar-refractivity contribution < 1.29 is 0 Å². The highest BCUT2D eigenvalue weighted by molar-refractivity contribution is 5.88. The molecule has 0 saturated carbocycles. The molecule has 46 heavy (non-hydrogen) atoms. The number of aromatic nitrogens is 2. The maximum absolute atomic E-state index is 5.25. The van der Waals surface area contributed by atoms with E-state index in [0.717, 1.165) is 33.9 Å². The van der Waals surface area contributed by atoms with Crippen LogP contribution in [0.3, 0.4) is 0 Å². The number of hydrogen-bond donors (Lipinski definition) is 0. The lowest BCUT2D eigenvalue weighted by atomic mass is 9.81. The molecule has 0 N–H and O–H groups in total. The predicted octanol–water partition coefficient (Wildman–Crippen LogP) is 11.2. The monoisotopic (exact) mass is 590 g/mol. The van der Waals surface area contributed by atoms with Crippen LogP contribution in [0.1, 0.15) is 49.9 Å². The molecule has 0 saturated heterocycles. The summed E-state index contributed by atoms with van der Waals surface area (Å²) in [5.74, 6) is 0.740. The summed E-state index contributed by atoms with van der Waals surface area (Å²) in [5, 5.41) is 2.40. The van der Waals surface area contributed by atoms with E-state index < -0.39 is 0 Å². The van der Waals surface area contributed by atoms with Crippen LogP contribution in [-0.2, 0) is 10.8 Å². The number of rotatable bonds is 3. The van der Waals surface area contributed by atoms with Crippen molar-refractivity contribution in [3.05, 3.63) is 156 Å². The van der Waals surface area contributed by atoms with Gasteiger partial charge in [0.25, 0.3) is 0 Å². The minimum absolute atomic E-state index is 0.0838. The zero-order chi connectivity index (χ0) is 31.2. The first-order chi connectivity index (χ1) is 22.3. The van der Waals surface area contributed by atoms with Crippen LogP contribution >= 0.6 is 0 Å². The van der Waals surface area contributed by atoms with Gasteiger partial charge in [0, 0.05) is 27.5 Å². The van der Waals surface area contributed by atoms with Crippen LogP contribution in [0, 0.1) is 0 Å². The van der Waals surface area contributed by atoms with E-state index in [0.29, 0.717) is 0 Å². The maximum Gasteiger partial charge on any atom is 0.160 e. The molecule has 0 atom stereocenters. The zero-order valence-electron chi connectivity index (χ0n) is 26.6. The Kier molecular flexibility index (Phi) is 5.63. The third kappa shape index (κ3) is 3.89. The Morgan fingerprint density at radius 2 is 0.826 bits per heavy atom. The standard InChI is InChI=1S/C44H34N2/c1-43(2)36-15-9-7-13-32(36)34-21-19-29(24-38(34)43)40-26-41(46-42(45-40)31-18-17-27-11-5-6-12-28(27)23-31)30-20-22-35-33-14-8-10-16-37(33)44(3,4)39(35)25-30/h5-26H,1-4H3. The van der Waals surface area contributed by atoms with E-state index in [1.165, 1.54) is 55.3 Å². The van der Waals surface area contributed by atoms with Crippen LogP contribution in [0.25, 0.3) is 66.9 Å². The van der Waals surface area contributed by atoms with Gasteiger partial charge in [0.2, 0.25) is 0 Å². The first kappa shape index (κ1) is 27.0. The van der Waals surface area contributed by atoms with E-state index in [-0.39, 0.29) is 10.8 Å². The molecule has 1 heterocycles. The summed E-state index contributed by atoms with van der Waals surface area (Å²) in [7, 11) is 0. The van der Waals surface area contributed by atoms with Crippen LogP contribution < -0.4 is 0 Å². The van der Waals surface area contributed by atoms with Gasteiger partial charge >= 0.3 is 0 Å². The molecule has 0 unspecified atom stereocenters. The third-order valence-electron chi connectivity index (χ3n) is 10.5. The summed E-state index contributed by atoms with van der Waals surface area (Å²) in [6.45, 7) is 9.32. The van der Waals surface area contributed by atoms with Gasteiger partial charge in [-0.3, -0.25) is 0 Å². The fourth-order valence-electron chi connectivity index (χ4n) is 7.93. The minimum atomic E-state index is -0.0838. The summed E-state index contributed by atoms with van der Waals surface area (Å²) < 4.78 is 0. The maximum atomic E-state index is 5.25. The average molecular weight is 591 g/mol. The highest BCUT2D eigenvalue weighted by Crippen LogP contribution is 2.51. The largest absolute Gasteiger partial charge is 0.228 e. The molecule has 220 valence electrons. The van der Waals surface area contributed by atoms with Crippen molar-refractivity contribution in [2.24, 2.45) is 0 Å². The van der Waals surface area contributed by atoms with Crippen molar-refractivity contribution in [2.75, 3.05) is 0 Å². The lowest BCUT2D eigenvalue weighted by Gasteiger charge is -2.22. The van der Waals surface area contributed by atoms with Crippen molar-refractivity contribution in [2.45, 2.75) is 38.5 Å². The van der Waals surface area contributed by atoms with Gasteiger partial charge in [0.15, 0.2) is 5.82 Å². The minimum Gasteiger partial charge on any atom is -0.228 e. The van der Waals surface area contributed by atoms with E-state index in [1.807, 2.05) is 0 Å². The topological polar surface area (TPSA) is 25.8 Å². The average Bonchev–Trinajstić information content (AvgIpc) is 3.47. The lowest BCUT2D eigenvalue weighted by Crippen LogP contribution is -2.15. The van der Waals surface area contributed by atoms with Gasteiger partial charge in [-0.1, -0.05) is 137 Å². The Bertz CT molecular complexity index is 2250. The summed E-state index contributed by atoms with van der Waals surface area (Å²) in [6.07, 6.45) is 0. The molecule has 2 nitrogen and oxygen atoms in total. The third-order valence-corrected chi connectivity index (χ3v) is 10.5. The predicted molar refractivity (Wildman–Crippen MR) is 191 cm³/mol. The van der Waals surface area contributed by atoms with Gasteiger partial charge in [-0.25, -0.2) is 9.97 Å². The van der Waals surface area contributed by atoms with Crippen LogP contribution in [0.2, 0.25) is 0 Å². The molecular weight excluding hydrogens is 556 g/mol. The molecule has 2 heteroatoms. The van der Waals surface area contributed by atoms with Crippen molar-refractivity contribution in [3.63, 3.8) is 0 Å². The zero-order valence-corrected chi connectivity index (χ0v) is 26.6. The van der Waals surface area contributed by atoms with Gasteiger partial charge in [-0.05, 0) is 79.5 Å². The summed E-state index contributed by atoms with van der Waals surface area (Å²) in [6, 6.07) is 48.5. The molecule has 0 fully saturated rings. The summed E-state index contributed by atoms with van der Waals surface area (Å²) >= 11 is 0. The molecule has 9 rings (SSSR count). The normalized spacial score (nSPS) is 14.9. The Labute approximate surface area is 270 Å². The Morgan fingerprint density at radius 1 is 0.370 bits per heavy atom. The van der Waals surface area contributed by atoms with Crippen LogP contribution in [0.15, 0.2) is 133 Å². The van der Waals surface area contributed by atoms with E-state index >= 15 is 0 Å². The number of nitrogens with zero attached hydrogens (tertiary/aromatic N) is 2. The van der Waals surface area contributed by atoms with E-state index in [2.05, 4.69) is 161 Å². The Hall–Kier alpha value is -5.34. The molecule has 2 aliphatic rings. The van der Waals surface area contributed by atoms with Crippen molar-refractivity contribution in [3.8, 4) is 56.2 Å². The molecule has 2 aliphatic carbocycles. The molecule has 0 bridgehead atoms. The lowest BCUT2D eigenvalue weighted by molar-refractivity contribution is 0.660. The highest BCUT2D eigenvalue weighted by atomic mass is 14.9. The molecular formula is C44H34N2. The second-order valence-corrected chi connectivity index (χ2v) is 13.9. The van der Waals surface area contributed by atoms with Crippen LogP contribution in [-0.4, -0.2) is 9.97 Å². The van der Waals surface area contributed by atoms with Crippen LogP contribution in [0.4, 0.5) is 0 Å². The smallest absolute Gasteiger partial charge is 0.160 e. The van der Waals surface area contributed by atoms with Crippen molar-refractivity contribution in [1.29, 1.82) is 0 Å². The summed E-state index contributed by atoms with van der Waals surface area (Å²) in [5.41, 5.74) is 15.7. The highest BCUT2D eigenvalue weighted by Gasteiger charge is 2.36. The van der Waals surface area contributed by atoms with Crippen molar-refractivity contribution >= 4 is 10.8 Å². The summed E-state index contributed by atoms with van der Waals surface area (Å²) in [4.78, 5) is 10.5. The molecule has 1 aromatic heterocycles. The number of hydrogen-bond acceptors (Lipinski definition) is 2. The number of fused-ring (bicyclic) bond motifs is 7. The molecule has 7 aromatic rings. The first-order valence-electron chi connectivity index (χ1n) is 16.2. The molecule has 0 spiro atoms. The molecule has 6 aromatic carbocycles. The first-order valence-corrected chi connectivity index (χ1v) is 16.2. The van der Waals surface area contributed by atoms with Gasteiger partial charge in [-0.15, -0.1) is 0 Å². The second kappa shape index (κ2) is 9.58. The van der Waals surface area contributed by atoms with E-state index in [9.17, 15) is 0 Å². The fourth-order valence-corrected chi connectivity index (χ4v) is 7.93. The molecule has 0 amide bonds. The Balaban J connectivity index is 1.23. The van der Waals surface area contributed by atoms with Crippen LogP contribution in [0.5, 0.6) is 0 Å². The van der Waals surface area contributed by atoms with Gasteiger partial charge in [0.1, 0.15) is 0 Å². The fraction of sp³-hybridized carbons (Fsp3) is 0.136. The van der Waals surface area contributed by atoms with Gasteiger partial charge < -0.3 is 0 Å². The van der Waals surface area contributed by atoms with E-state index in [1.54, 1.807) is 0 Å². The van der Waals surface area contributed by atoms with E-state index in [4.69, 9.17) is 9.97 Å². The molecule has 0 radical (unpaired) electrons. The van der Waals surface area contributed by atoms with Gasteiger partial charge in [-0.2, -0.15) is 0 Å². The Morgan fingerprint density at radius 3 is 1.39 bits per heavy atom. The van der Waals surface area contributed by atoms with Gasteiger partial charge in [0.05, 0.1) is 11.4 Å². The second-order valence-electron chi connectivity index (χ2n) is 13.9. The van der Waals surface area contributed by atoms with Crippen molar-refractivity contribution in [1.82, 2.24) is 9.97 Å². The molecule has 0 aliphatic heterocycles. The SMILES string of the molecule is CC1(C)c2ccccc2-c2ccc(-c3cc(-c4ccc5c(c4)C(C)(C)c4ccccc4-5)nc(-c4ccc5ccccc5c4)n3)cc21. The quantitative estimate of drug-likeness (QED) is 0.205. The number of benzene rings is 6.